The van der Waals surface area contributed by atoms with Crippen molar-refractivity contribution in [1.29, 1.82) is 0 Å². The highest BCUT2D eigenvalue weighted by atomic mass is 16.5. The first-order chi connectivity index (χ1) is 18.2. The number of carbonyl (C=O) groups is 2. The Hall–Kier alpha value is -4.40. The van der Waals surface area contributed by atoms with Gasteiger partial charge in [0.25, 0.3) is 0 Å². The van der Waals surface area contributed by atoms with Crippen molar-refractivity contribution in [2.24, 2.45) is 0 Å². The molecule has 1 heterocycles. The summed E-state index contributed by atoms with van der Waals surface area (Å²) in [6.07, 6.45) is 0.697. The van der Waals surface area contributed by atoms with Gasteiger partial charge in [-0.25, -0.2) is 4.68 Å². The van der Waals surface area contributed by atoms with Crippen LogP contribution < -0.4 is 15.0 Å². The molecule has 0 aliphatic carbocycles. The quantitative estimate of drug-likeness (QED) is 0.319. The fourth-order valence-corrected chi connectivity index (χ4v) is 4.11. The Morgan fingerprint density at radius 3 is 2.37 bits per heavy atom. The van der Waals surface area contributed by atoms with E-state index >= 15 is 0 Å². The van der Waals surface area contributed by atoms with E-state index in [1.165, 1.54) is 21.7 Å². The van der Waals surface area contributed by atoms with Crippen LogP contribution in [0.1, 0.15) is 45.7 Å². The Labute approximate surface area is 222 Å². The molecule has 2 amide bonds. The summed E-state index contributed by atoms with van der Waals surface area (Å²) in [6, 6.07) is 19.7. The number of amides is 2. The van der Waals surface area contributed by atoms with E-state index in [2.05, 4.69) is 15.6 Å². The van der Waals surface area contributed by atoms with Crippen LogP contribution in [0.5, 0.6) is 11.5 Å². The highest BCUT2D eigenvalue weighted by molar-refractivity contribution is 6.01. The number of anilines is 1. The molecule has 1 aromatic heterocycles. The van der Waals surface area contributed by atoms with Crippen molar-refractivity contribution in [2.75, 3.05) is 11.5 Å². The predicted octanol–water partition coefficient (Wildman–Crippen LogP) is 4.61. The van der Waals surface area contributed by atoms with E-state index in [-0.39, 0.29) is 24.1 Å². The zero-order valence-corrected chi connectivity index (χ0v) is 22.1. The number of phenols is 1. The van der Waals surface area contributed by atoms with Gasteiger partial charge in [0.05, 0.1) is 12.1 Å². The van der Waals surface area contributed by atoms with E-state index in [0.29, 0.717) is 41.1 Å². The lowest BCUT2D eigenvalue weighted by Crippen LogP contribution is -2.51. The molecule has 0 aliphatic rings. The molecule has 0 unspecified atom stereocenters. The number of benzene rings is 3. The molecule has 0 bridgehead atoms. The average Bonchev–Trinajstić information content (AvgIpc) is 3.31. The van der Waals surface area contributed by atoms with Crippen LogP contribution in [0.3, 0.4) is 0 Å². The first kappa shape index (κ1) is 26.7. The lowest BCUT2D eigenvalue weighted by molar-refractivity contribution is -0.128. The second-order valence-electron chi connectivity index (χ2n) is 9.65. The number of aromatic nitrogens is 3. The number of rotatable bonds is 10. The number of nitrogens with one attached hydrogen (secondary N) is 1. The standard InChI is InChI=1S/C29H33N5O4/c1-5-29(3,4)30-28(37)27(20-11-15-22(35)16-12-20)34(21-13-17-23(18-14-21)38-6-2)26(36)19-33-25-10-8-7-9-24(25)31-32-33/h7-18,27,35H,5-6,19H2,1-4H3,(H,30,37)/t27-/m0/s1. The van der Waals surface area contributed by atoms with Crippen molar-refractivity contribution in [2.45, 2.75) is 52.2 Å². The zero-order valence-electron chi connectivity index (χ0n) is 22.1. The molecule has 0 saturated carbocycles. The molecule has 0 saturated heterocycles. The van der Waals surface area contributed by atoms with Gasteiger partial charge in [0.2, 0.25) is 11.8 Å². The van der Waals surface area contributed by atoms with E-state index in [4.69, 9.17) is 4.74 Å². The van der Waals surface area contributed by atoms with Gasteiger partial charge in [0.15, 0.2) is 0 Å². The third-order valence-electron chi connectivity index (χ3n) is 6.46. The van der Waals surface area contributed by atoms with Crippen molar-refractivity contribution in [1.82, 2.24) is 20.3 Å². The van der Waals surface area contributed by atoms with E-state index < -0.39 is 11.6 Å². The monoisotopic (exact) mass is 515 g/mol. The zero-order chi connectivity index (χ0) is 27.3. The van der Waals surface area contributed by atoms with Gasteiger partial charge < -0.3 is 15.2 Å². The first-order valence-corrected chi connectivity index (χ1v) is 12.7. The molecular formula is C29H33N5O4. The summed E-state index contributed by atoms with van der Waals surface area (Å²) in [6.45, 7) is 8.12. The van der Waals surface area contributed by atoms with Gasteiger partial charge in [-0.2, -0.15) is 0 Å². The molecule has 198 valence electrons. The summed E-state index contributed by atoms with van der Waals surface area (Å²) in [4.78, 5) is 29.4. The maximum Gasteiger partial charge on any atom is 0.249 e. The Balaban J connectivity index is 1.81. The summed E-state index contributed by atoms with van der Waals surface area (Å²) >= 11 is 0. The topological polar surface area (TPSA) is 110 Å². The molecule has 9 heteroatoms. The molecule has 0 spiro atoms. The van der Waals surface area contributed by atoms with E-state index in [9.17, 15) is 14.7 Å². The molecule has 4 rings (SSSR count). The minimum Gasteiger partial charge on any atom is -0.508 e. The number of para-hydroxylation sites is 1. The lowest BCUT2D eigenvalue weighted by Gasteiger charge is -2.34. The Kier molecular flexibility index (Phi) is 7.95. The van der Waals surface area contributed by atoms with Crippen molar-refractivity contribution in [3.05, 3.63) is 78.4 Å². The molecule has 0 radical (unpaired) electrons. The maximum absolute atomic E-state index is 14.1. The van der Waals surface area contributed by atoms with Gasteiger partial charge in [0, 0.05) is 11.2 Å². The summed E-state index contributed by atoms with van der Waals surface area (Å²) in [7, 11) is 0. The molecule has 38 heavy (non-hydrogen) atoms. The van der Waals surface area contributed by atoms with Crippen molar-refractivity contribution in [3.63, 3.8) is 0 Å². The average molecular weight is 516 g/mol. The third kappa shape index (κ3) is 5.94. The molecule has 0 aliphatic heterocycles. The van der Waals surface area contributed by atoms with Gasteiger partial charge in [-0.15, -0.1) is 5.10 Å². The molecule has 1 atom stereocenters. The predicted molar refractivity (Wildman–Crippen MR) is 146 cm³/mol. The van der Waals surface area contributed by atoms with E-state index in [1.54, 1.807) is 36.4 Å². The Morgan fingerprint density at radius 1 is 1.03 bits per heavy atom. The fraction of sp³-hybridized carbons (Fsp3) is 0.310. The summed E-state index contributed by atoms with van der Waals surface area (Å²) < 4.78 is 7.12. The maximum atomic E-state index is 14.1. The number of hydrogen-bond acceptors (Lipinski definition) is 6. The van der Waals surface area contributed by atoms with Gasteiger partial charge in [-0.05, 0) is 81.3 Å². The number of phenolic OH excluding ortho intramolecular Hbond substituents is 1. The number of ether oxygens (including phenoxy) is 1. The highest BCUT2D eigenvalue weighted by Crippen LogP contribution is 2.31. The normalized spacial score (nSPS) is 12.2. The van der Waals surface area contributed by atoms with Crippen molar-refractivity contribution >= 4 is 28.5 Å². The molecule has 3 aromatic carbocycles. The molecule has 9 nitrogen and oxygen atoms in total. The van der Waals surface area contributed by atoms with Crippen LogP contribution in [0.4, 0.5) is 5.69 Å². The van der Waals surface area contributed by atoms with Crippen molar-refractivity contribution in [3.8, 4) is 11.5 Å². The molecule has 4 aromatic rings. The van der Waals surface area contributed by atoms with E-state index in [1.807, 2.05) is 52.0 Å². The Bertz CT molecular complexity index is 1400. The second-order valence-corrected chi connectivity index (χ2v) is 9.65. The largest absolute Gasteiger partial charge is 0.508 e. The van der Waals surface area contributed by atoms with Crippen molar-refractivity contribution < 1.29 is 19.4 Å². The number of nitrogens with zero attached hydrogens (tertiary/aromatic N) is 4. The van der Waals surface area contributed by atoms with Crippen LogP contribution in [0, 0.1) is 0 Å². The number of hydrogen-bond donors (Lipinski definition) is 2. The molecule has 2 N–H and O–H groups in total. The van der Waals surface area contributed by atoms with Gasteiger partial charge in [-0.3, -0.25) is 14.5 Å². The SMILES string of the molecule is CCOc1ccc(N(C(=O)Cn2nnc3ccccc32)[C@H](C(=O)NC(C)(C)CC)c2ccc(O)cc2)cc1. The number of aromatic hydroxyl groups is 1. The minimum atomic E-state index is -1.01. The van der Waals surface area contributed by atoms with Gasteiger partial charge in [-0.1, -0.05) is 36.4 Å². The van der Waals surface area contributed by atoms with Gasteiger partial charge >= 0.3 is 0 Å². The third-order valence-corrected chi connectivity index (χ3v) is 6.46. The van der Waals surface area contributed by atoms with Crippen LogP contribution in [0.15, 0.2) is 72.8 Å². The second kappa shape index (κ2) is 11.3. The number of fused-ring (bicyclic) bond motifs is 1. The first-order valence-electron chi connectivity index (χ1n) is 12.7. The minimum absolute atomic E-state index is 0.0647. The molecule has 0 fully saturated rings. The summed E-state index contributed by atoms with van der Waals surface area (Å²) in [5.41, 5.74) is 1.96. The lowest BCUT2D eigenvalue weighted by atomic mass is 9.98. The van der Waals surface area contributed by atoms with Gasteiger partial charge in [0.1, 0.15) is 29.6 Å². The van der Waals surface area contributed by atoms with E-state index in [0.717, 1.165) is 0 Å². The smallest absolute Gasteiger partial charge is 0.249 e. The fourth-order valence-electron chi connectivity index (χ4n) is 4.11. The molecular weight excluding hydrogens is 482 g/mol. The van der Waals surface area contributed by atoms with Crippen LogP contribution in [-0.2, 0) is 16.1 Å². The summed E-state index contributed by atoms with van der Waals surface area (Å²) in [5.74, 6) is 0.0269. The Morgan fingerprint density at radius 2 is 1.71 bits per heavy atom. The van der Waals surface area contributed by atoms with Crippen LogP contribution in [-0.4, -0.2) is 44.1 Å². The highest BCUT2D eigenvalue weighted by Gasteiger charge is 2.35. The summed E-state index contributed by atoms with van der Waals surface area (Å²) in [5, 5.41) is 21.3. The van der Waals surface area contributed by atoms with Crippen LogP contribution >= 0.6 is 0 Å². The number of carbonyl (C=O) groups excluding carboxylic acids is 2. The van der Waals surface area contributed by atoms with Crippen LogP contribution in [0.2, 0.25) is 0 Å². The van der Waals surface area contributed by atoms with Crippen LogP contribution in [0.25, 0.3) is 11.0 Å².